The second-order valence-corrected chi connectivity index (χ2v) is 17.2. The SMILES string of the molecule is CCCCC(O)C(O)[C@@](C)(CN1c2ccccc2[C@]2(O[Si](C)(C)C(C)(C)C)CCO[C@H]12)C(O)CC. The zero-order valence-electron chi connectivity index (χ0n) is 23.2. The lowest BCUT2D eigenvalue weighted by atomic mass is 9.74. The number of fused-ring (bicyclic) bond motifs is 3. The fourth-order valence-corrected chi connectivity index (χ4v) is 7.10. The molecule has 0 amide bonds. The number of rotatable bonds is 11. The van der Waals surface area contributed by atoms with E-state index in [2.05, 4.69) is 63.9 Å². The molecule has 35 heavy (non-hydrogen) atoms. The van der Waals surface area contributed by atoms with Crippen molar-refractivity contribution >= 4 is 14.0 Å². The molecule has 0 saturated carbocycles. The van der Waals surface area contributed by atoms with Crippen LogP contribution in [0.5, 0.6) is 0 Å². The molecule has 2 aliphatic rings. The largest absolute Gasteiger partial charge is 0.403 e. The highest BCUT2D eigenvalue weighted by Gasteiger charge is 2.61. The third-order valence-electron chi connectivity index (χ3n) is 8.90. The Morgan fingerprint density at radius 3 is 2.40 bits per heavy atom. The van der Waals surface area contributed by atoms with Gasteiger partial charge in [-0.1, -0.05) is 72.6 Å². The predicted octanol–water partition coefficient (Wildman–Crippen LogP) is 5.16. The van der Waals surface area contributed by atoms with Gasteiger partial charge in [-0.25, -0.2) is 0 Å². The van der Waals surface area contributed by atoms with Gasteiger partial charge in [-0.05, 0) is 37.0 Å². The number of nitrogens with zero attached hydrogens (tertiary/aromatic N) is 1. The minimum absolute atomic E-state index is 0.0454. The van der Waals surface area contributed by atoms with Gasteiger partial charge in [-0.15, -0.1) is 0 Å². The van der Waals surface area contributed by atoms with E-state index in [0.717, 1.165) is 30.5 Å². The highest BCUT2D eigenvalue weighted by atomic mass is 28.4. The normalized spacial score (nSPS) is 26.7. The fourth-order valence-electron chi connectivity index (χ4n) is 5.57. The predicted molar refractivity (Wildman–Crippen MR) is 144 cm³/mol. The second-order valence-electron chi connectivity index (χ2n) is 12.5. The van der Waals surface area contributed by atoms with Crippen LogP contribution in [-0.2, 0) is 14.8 Å². The van der Waals surface area contributed by atoms with Crippen molar-refractivity contribution in [2.24, 2.45) is 5.41 Å². The van der Waals surface area contributed by atoms with Gasteiger partial charge in [0.1, 0.15) is 5.60 Å². The van der Waals surface area contributed by atoms with Gasteiger partial charge in [0.15, 0.2) is 14.5 Å². The van der Waals surface area contributed by atoms with Crippen molar-refractivity contribution in [3.05, 3.63) is 29.8 Å². The number of aliphatic hydroxyl groups is 3. The minimum atomic E-state index is -2.15. The van der Waals surface area contributed by atoms with Gasteiger partial charge in [0.25, 0.3) is 0 Å². The van der Waals surface area contributed by atoms with Gasteiger partial charge in [0, 0.05) is 29.6 Å². The quantitative estimate of drug-likeness (QED) is 0.359. The number of ether oxygens (including phenoxy) is 1. The molecule has 3 N–H and O–H groups in total. The van der Waals surface area contributed by atoms with Gasteiger partial charge in [-0.2, -0.15) is 0 Å². The van der Waals surface area contributed by atoms with Crippen molar-refractivity contribution in [3.63, 3.8) is 0 Å². The fraction of sp³-hybridized carbons (Fsp3) is 0.786. The van der Waals surface area contributed by atoms with Crippen LogP contribution < -0.4 is 4.90 Å². The molecule has 0 bridgehead atoms. The highest BCUT2D eigenvalue weighted by molar-refractivity contribution is 6.74. The number of para-hydroxylation sites is 1. The summed E-state index contributed by atoms with van der Waals surface area (Å²) in [5.74, 6) is 0. The minimum Gasteiger partial charge on any atom is -0.403 e. The molecule has 0 aliphatic carbocycles. The first kappa shape index (κ1) is 28.6. The molecule has 0 aromatic heterocycles. The summed E-state index contributed by atoms with van der Waals surface area (Å²) in [6.07, 6.45) is 0.477. The summed E-state index contributed by atoms with van der Waals surface area (Å²) in [7, 11) is -2.15. The maximum absolute atomic E-state index is 11.4. The monoisotopic (exact) mass is 507 g/mol. The van der Waals surface area contributed by atoms with Crippen LogP contribution in [0.2, 0.25) is 18.1 Å². The van der Waals surface area contributed by atoms with Crippen molar-refractivity contribution in [1.29, 1.82) is 0 Å². The lowest BCUT2D eigenvalue weighted by molar-refractivity contribution is -0.115. The summed E-state index contributed by atoms with van der Waals surface area (Å²) >= 11 is 0. The number of unbranched alkanes of at least 4 members (excludes halogenated alkanes) is 1. The van der Waals surface area contributed by atoms with Gasteiger partial charge in [0.2, 0.25) is 0 Å². The first-order valence-electron chi connectivity index (χ1n) is 13.5. The van der Waals surface area contributed by atoms with Crippen LogP contribution in [0.3, 0.4) is 0 Å². The zero-order valence-corrected chi connectivity index (χ0v) is 24.2. The Labute approximate surface area is 213 Å². The third-order valence-corrected chi connectivity index (χ3v) is 13.4. The van der Waals surface area contributed by atoms with Crippen LogP contribution in [0.15, 0.2) is 24.3 Å². The summed E-state index contributed by atoms with van der Waals surface area (Å²) in [4.78, 5) is 2.18. The summed E-state index contributed by atoms with van der Waals surface area (Å²) in [6.45, 7) is 18.2. The Hall–Kier alpha value is -0.963. The number of hydrogen-bond donors (Lipinski definition) is 3. The van der Waals surface area contributed by atoms with Crippen LogP contribution in [-0.4, -0.2) is 61.3 Å². The van der Waals surface area contributed by atoms with Gasteiger partial charge >= 0.3 is 0 Å². The van der Waals surface area contributed by atoms with Crippen LogP contribution in [0.25, 0.3) is 0 Å². The van der Waals surface area contributed by atoms with E-state index < -0.39 is 37.6 Å². The van der Waals surface area contributed by atoms with Crippen LogP contribution in [0.4, 0.5) is 5.69 Å². The third kappa shape index (κ3) is 5.09. The first-order valence-corrected chi connectivity index (χ1v) is 16.4. The first-order chi connectivity index (χ1) is 16.2. The maximum Gasteiger partial charge on any atom is 0.193 e. The summed E-state index contributed by atoms with van der Waals surface area (Å²) in [5, 5.41) is 33.4. The number of aliphatic hydroxyl groups excluding tert-OH is 3. The lowest BCUT2D eigenvalue weighted by Crippen LogP contribution is -2.58. The van der Waals surface area contributed by atoms with E-state index in [0.29, 0.717) is 26.0 Å². The molecule has 200 valence electrons. The Morgan fingerprint density at radius 1 is 1.14 bits per heavy atom. The molecule has 2 aliphatic heterocycles. The van der Waals surface area contributed by atoms with Crippen molar-refractivity contribution in [3.8, 4) is 0 Å². The Balaban J connectivity index is 2.03. The molecule has 1 aromatic rings. The molecule has 0 radical (unpaired) electrons. The molecule has 0 spiro atoms. The standard InChI is InChI=1S/C28H49NO5Si/c1-9-11-16-22(30)24(32)27(6,23(31)10-2)19-29-21-15-13-12-14-20(21)28(17-18-33-25(28)29)34-35(7,8)26(3,4)5/h12-15,22-25,30-32H,9-11,16-19H2,1-8H3/t22?,23?,24?,25-,27-,28+/m0/s1. The molecule has 1 aromatic carbocycles. The molecule has 1 saturated heterocycles. The number of hydrogen-bond acceptors (Lipinski definition) is 6. The molecule has 7 heteroatoms. The highest BCUT2D eigenvalue weighted by Crippen LogP contribution is 2.56. The molecule has 6 atom stereocenters. The van der Waals surface area contributed by atoms with Crippen molar-refractivity contribution in [2.75, 3.05) is 18.1 Å². The van der Waals surface area contributed by atoms with Crippen LogP contribution in [0.1, 0.15) is 79.2 Å². The smallest absolute Gasteiger partial charge is 0.193 e. The van der Waals surface area contributed by atoms with Crippen LogP contribution in [0, 0.1) is 5.41 Å². The van der Waals surface area contributed by atoms with E-state index in [4.69, 9.17) is 9.16 Å². The number of anilines is 1. The molecule has 3 unspecified atom stereocenters. The topological polar surface area (TPSA) is 82.4 Å². The van der Waals surface area contributed by atoms with E-state index in [9.17, 15) is 15.3 Å². The van der Waals surface area contributed by atoms with Crippen molar-refractivity contribution in [1.82, 2.24) is 0 Å². The summed E-state index contributed by atoms with van der Waals surface area (Å²) < 4.78 is 13.6. The average molecular weight is 508 g/mol. The maximum atomic E-state index is 11.4. The Bertz CT molecular complexity index is 858. The van der Waals surface area contributed by atoms with Gasteiger partial charge in [-0.3, -0.25) is 0 Å². The molecule has 2 heterocycles. The molecule has 1 fully saturated rings. The van der Waals surface area contributed by atoms with Crippen molar-refractivity contribution < 1.29 is 24.5 Å². The Morgan fingerprint density at radius 2 is 1.80 bits per heavy atom. The summed E-state index contributed by atoms with van der Waals surface area (Å²) in [6, 6.07) is 8.31. The van der Waals surface area contributed by atoms with E-state index in [-0.39, 0.29) is 11.3 Å². The van der Waals surface area contributed by atoms with E-state index in [1.165, 1.54) is 0 Å². The Kier molecular flexibility index (Phi) is 8.52. The number of benzene rings is 1. The van der Waals surface area contributed by atoms with Gasteiger partial charge < -0.3 is 29.4 Å². The second kappa shape index (κ2) is 10.4. The summed E-state index contributed by atoms with van der Waals surface area (Å²) in [5.41, 5.74) is 0.625. The van der Waals surface area contributed by atoms with Gasteiger partial charge in [0.05, 0.1) is 24.9 Å². The van der Waals surface area contributed by atoms with E-state index in [1.807, 2.05) is 19.9 Å². The molecular formula is C28H49NO5Si. The molecule has 6 nitrogen and oxygen atoms in total. The van der Waals surface area contributed by atoms with Crippen LogP contribution >= 0.6 is 0 Å². The molecular weight excluding hydrogens is 458 g/mol. The molecule has 3 rings (SSSR count). The zero-order chi connectivity index (χ0) is 26.2. The van der Waals surface area contributed by atoms with Crippen molar-refractivity contribution in [2.45, 2.75) is 122 Å². The van der Waals surface area contributed by atoms with E-state index >= 15 is 0 Å². The average Bonchev–Trinajstić information content (AvgIpc) is 3.31. The lowest BCUT2D eigenvalue weighted by Gasteiger charge is -2.47. The van der Waals surface area contributed by atoms with E-state index in [1.54, 1.807) is 0 Å².